The van der Waals surface area contributed by atoms with Gasteiger partial charge in [-0.1, -0.05) is 13.8 Å². The van der Waals surface area contributed by atoms with E-state index in [0.717, 1.165) is 32.0 Å². The molecule has 0 radical (unpaired) electrons. The van der Waals surface area contributed by atoms with Gasteiger partial charge in [0.05, 0.1) is 6.10 Å². The summed E-state index contributed by atoms with van der Waals surface area (Å²) < 4.78 is 0. The second-order valence-electron chi connectivity index (χ2n) is 7.79. The quantitative estimate of drug-likeness (QED) is 0.785. The molecule has 2 saturated carbocycles. The van der Waals surface area contributed by atoms with Gasteiger partial charge in [-0.15, -0.1) is 0 Å². The summed E-state index contributed by atoms with van der Waals surface area (Å²) >= 11 is 0. The standard InChI is InChI=1S/C17H30N2O2/c1-11(2)17(21)18-14-7-12(8-16(20)13-3-4-13)9-19(10-14)15-5-6-15/h11-16,20H,3-10H2,1-2H3,(H,18,21). The maximum Gasteiger partial charge on any atom is 0.222 e. The van der Waals surface area contributed by atoms with Crippen LogP contribution in [0, 0.1) is 17.8 Å². The van der Waals surface area contributed by atoms with Crippen LogP contribution in [-0.2, 0) is 4.79 Å². The Labute approximate surface area is 128 Å². The Bertz CT molecular complexity index is 375. The summed E-state index contributed by atoms with van der Waals surface area (Å²) in [6, 6.07) is 1.01. The second kappa shape index (κ2) is 6.25. The number of aliphatic hydroxyl groups is 1. The number of carbonyl (C=O) groups is 1. The monoisotopic (exact) mass is 294 g/mol. The molecule has 1 aliphatic heterocycles. The summed E-state index contributed by atoms with van der Waals surface area (Å²) in [5.41, 5.74) is 0. The first-order valence-electron chi connectivity index (χ1n) is 8.75. The minimum Gasteiger partial charge on any atom is -0.393 e. The lowest BCUT2D eigenvalue weighted by Gasteiger charge is -2.39. The molecule has 1 heterocycles. The molecule has 1 saturated heterocycles. The van der Waals surface area contributed by atoms with E-state index in [-0.39, 0.29) is 24.0 Å². The van der Waals surface area contributed by atoms with Crippen LogP contribution in [0.2, 0.25) is 0 Å². The van der Waals surface area contributed by atoms with Crippen molar-refractivity contribution in [2.45, 2.75) is 70.6 Å². The Balaban J connectivity index is 1.56. The molecule has 1 amide bonds. The van der Waals surface area contributed by atoms with Crippen LogP contribution < -0.4 is 5.32 Å². The summed E-state index contributed by atoms with van der Waals surface area (Å²) in [5, 5.41) is 13.4. The fourth-order valence-electron chi connectivity index (χ4n) is 3.64. The lowest BCUT2D eigenvalue weighted by atomic mass is 9.88. The molecule has 2 aliphatic carbocycles. The van der Waals surface area contributed by atoms with Crippen molar-refractivity contribution >= 4 is 5.91 Å². The summed E-state index contributed by atoms with van der Waals surface area (Å²) in [5.74, 6) is 1.31. The van der Waals surface area contributed by atoms with Gasteiger partial charge < -0.3 is 10.4 Å². The third kappa shape index (κ3) is 4.19. The average Bonchev–Trinajstić information content (AvgIpc) is 3.29. The summed E-state index contributed by atoms with van der Waals surface area (Å²) in [6.07, 6.45) is 6.86. The topological polar surface area (TPSA) is 52.6 Å². The smallest absolute Gasteiger partial charge is 0.222 e. The lowest BCUT2D eigenvalue weighted by Crippen LogP contribution is -2.52. The molecule has 0 aromatic rings. The number of nitrogens with one attached hydrogen (secondary N) is 1. The Morgan fingerprint density at radius 2 is 1.95 bits per heavy atom. The molecule has 120 valence electrons. The summed E-state index contributed by atoms with van der Waals surface area (Å²) in [4.78, 5) is 14.5. The van der Waals surface area contributed by atoms with Crippen LogP contribution in [-0.4, -0.2) is 47.2 Å². The van der Waals surface area contributed by atoms with E-state index in [1.807, 2.05) is 13.8 Å². The number of piperidine rings is 1. The highest BCUT2D eigenvalue weighted by atomic mass is 16.3. The number of rotatable bonds is 6. The summed E-state index contributed by atoms with van der Waals surface area (Å²) in [6.45, 7) is 6.01. The Morgan fingerprint density at radius 1 is 1.24 bits per heavy atom. The third-order valence-electron chi connectivity index (χ3n) is 5.24. The van der Waals surface area contributed by atoms with E-state index in [9.17, 15) is 9.90 Å². The SMILES string of the molecule is CC(C)C(=O)NC1CC(CC(O)C2CC2)CN(C2CC2)C1. The van der Waals surface area contributed by atoms with E-state index in [4.69, 9.17) is 0 Å². The van der Waals surface area contributed by atoms with Crippen LogP contribution in [0.25, 0.3) is 0 Å². The van der Waals surface area contributed by atoms with Crippen LogP contribution in [0.1, 0.15) is 52.4 Å². The molecule has 0 aromatic carbocycles. The van der Waals surface area contributed by atoms with Gasteiger partial charge in [-0.25, -0.2) is 0 Å². The van der Waals surface area contributed by atoms with Gasteiger partial charge in [-0.3, -0.25) is 9.69 Å². The minimum atomic E-state index is -0.115. The maximum atomic E-state index is 12.0. The molecular formula is C17H30N2O2. The Hall–Kier alpha value is -0.610. The van der Waals surface area contributed by atoms with Crippen molar-refractivity contribution in [3.8, 4) is 0 Å². The number of likely N-dealkylation sites (tertiary alicyclic amines) is 1. The number of nitrogens with zero attached hydrogens (tertiary/aromatic N) is 1. The minimum absolute atomic E-state index is 0.0526. The van der Waals surface area contributed by atoms with Crippen molar-refractivity contribution in [1.29, 1.82) is 0 Å². The van der Waals surface area contributed by atoms with E-state index in [1.54, 1.807) is 0 Å². The van der Waals surface area contributed by atoms with Gasteiger partial charge >= 0.3 is 0 Å². The van der Waals surface area contributed by atoms with Crippen molar-refractivity contribution in [2.24, 2.45) is 17.8 Å². The van der Waals surface area contributed by atoms with Gasteiger partial charge in [0.2, 0.25) is 5.91 Å². The van der Waals surface area contributed by atoms with Crippen molar-refractivity contribution in [2.75, 3.05) is 13.1 Å². The van der Waals surface area contributed by atoms with Gasteiger partial charge in [-0.05, 0) is 50.4 Å². The normalized spacial score (nSPS) is 32.2. The number of carbonyl (C=O) groups excluding carboxylic acids is 1. The number of hydrogen-bond donors (Lipinski definition) is 2. The molecule has 0 spiro atoms. The first kappa shape index (κ1) is 15.3. The second-order valence-corrected chi connectivity index (χ2v) is 7.79. The molecule has 21 heavy (non-hydrogen) atoms. The van der Waals surface area contributed by atoms with Crippen molar-refractivity contribution in [1.82, 2.24) is 10.2 Å². The average molecular weight is 294 g/mol. The Kier molecular flexibility index (Phi) is 4.55. The van der Waals surface area contributed by atoms with Gasteiger partial charge in [0, 0.05) is 31.1 Å². The molecule has 0 bridgehead atoms. The van der Waals surface area contributed by atoms with Gasteiger partial charge in [0.15, 0.2) is 0 Å². The van der Waals surface area contributed by atoms with Gasteiger partial charge in [-0.2, -0.15) is 0 Å². The molecule has 0 aromatic heterocycles. The van der Waals surface area contributed by atoms with Crippen molar-refractivity contribution < 1.29 is 9.90 Å². The van der Waals surface area contributed by atoms with Gasteiger partial charge in [0.25, 0.3) is 0 Å². The number of hydrogen-bond acceptors (Lipinski definition) is 3. The molecule has 2 N–H and O–H groups in total. The van der Waals surface area contributed by atoms with E-state index in [2.05, 4.69) is 10.2 Å². The molecule has 4 nitrogen and oxygen atoms in total. The van der Waals surface area contributed by atoms with Crippen LogP contribution in [0.3, 0.4) is 0 Å². The first-order valence-corrected chi connectivity index (χ1v) is 8.75. The van der Waals surface area contributed by atoms with E-state index >= 15 is 0 Å². The highest BCUT2D eigenvalue weighted by Crippen LogP contribution is 2.38. The van der Waals surface area contributed by atoms with Crippen LogP contribution >= 0.6 is 0 Å². The Morgan fingerprint density at radius 3 is 2.52 bits per heavy atom. The van der Waals surface area contributed by atoms with E-state index < -0.39 is 0 Å². The number of amides is 1. The molecule has 3 rings (SSSR count). The fourth-order valence-corrected chi connectivity index (χ4v) is 3.64. The first-order chi connectivity index (χ1) is 10.0. The highest BCUT2D eigenvalue weighted by Gasteiger charge is 2.39. The van der Waals surface area contributed by atoms with E-state index in [0.29, 0.717) is 11.8 Å². The molecule has 3 aliphatic rings. The largest absolute Gasteiger partial charge is 0.393 e. The third-order valence-corrected chi connectivity index (χ3v) is 5.24. The zero-order chi connectivity index (χ0) is 15.0. The van der Waals surface area contributed by atoms with Crippen LogP contribution in [0.4, 0.5) is 0 Å². The fraction of sp³-hybridized carbons (Fsp3) is 0.941. The molecule has 4 heteroatoms. The zero-order valence-corrected chi connectivity index (χ0v) is 13.4. The van der Waals surface area contributed by atoms with Crippen LogP contribution in [0.15, 0.2) is 0 Å². The number of aliphatic hydroxyl groups excluding tert-OH is 1. The zero-order valence-electron chi connectivity index (χ0n) is 13.4. The predicted octanol–water partition coefficient (Wildman–Crippen LogP) is 1.77. The van der Waals surface area contributed by atoms with Crippen molar-refractivity contribution in [3.63, 3.8) is 0 Å². The summed E-state index contributed by atoms with van der Waals surface area (Å²) in [7, 11) is 0. The highest BCUT2D eigenvalue weighted by molar-refractivity contribution is 5.78. The molecule has 3 fully saturated rings. The van der Waals surface area contributed by atoms with Gasteiger partial charge in [0.1, 0.15) is 0 Å². The lowest BCUT2D eigenvalue weighted by molar-refractivity contribution is -0.125. The van der Waals surface area contributed by atoms with Crippen LogP contribution in [0.5, 0.6) is 0 Å². The van der Waals surface area contributed by atoms with E-state index in [1.165, 1.54) is 25.7 Å². The molecule has 3 unspecified atom stereocenters. The predicted molar refractivity (Wildman–Crippen MR) is 82.8 cm³/mol. The van der Waals surface area contributed by atoms with Crippen molar-refractivity contribution in [3.05, 3.63) is 0 Å². The molecular weight excluding hydrogens is 264 g/mol. The molecule has 3 atom stereocenters. The maximum absolute atomic E-state index is 12.0.